The lowest BCUT2D eigenvalue weighted by atomic mass is 9.97. The van der Waals surface area contributed by atoms with Crippen LogP contribution >= 0.6 is 0 Å². The maximum absolute atomic E-state index is 4.12. The molecule has 0 unspecified atom stereocenters. The zero-order valence-electron chi connectivity index (χ0n) is 10.5. The molecule has 0 aliphatic heterocycles. The van der Waals surface area contributed by atoms with E-state index in [1.165, 1.54) is 37.7 Å². The summed E-state index contributed by atoms with van der Waals surface area (Å²) < 4.78 is 0. The number of rotatable bonds is 6. The van der Waals surface area contributed by atoms with E-state index >= 15 is 0 Å². The molecule has 1 aromatic rings. The summed E-state index contributed by atoms with van der Waals surface area (Å²) in [5.74, 6) is 0. The maximum atomic E-state index is 4.12. The molecular formula is C15H22N2. The van der Waals surface area contributed by atoms with Crippen molar-refractivity contribution < 1.29 is 0 Å². The van der Waals surface area contributed by atoms with Gasteiger partial charge in [-0.15, -0.1) is 0 Å². The first-order valence-corrected chi connectivity index (χ1v) is 6.73. The molecule has 2 rings (SSSR count). The Kier molecular flexibility index (Phi) is 5.24. The molecular weight excluding hydrogens is 208 g/mol. The fourth-order valence-corrected chi connectivity index (χ4v) is 2.28. The average molecular weight is 230 g/mol. The van der Waals surface area contributed by atoms with E-state index in [-0.39, 0.29) is 0 Å². The first kappa shape index (κ1) is 12.3. The Labute approximate surface area is 104 Å². The summed E-state index contributed by atoms with van der Waals surface area (Å²) in [4.78, 5) is 4.12. The molecule has 0 fully saturated rings. The van der Waals surface area contributed by atoms with Crippen LogP contribution in [0.3, 0.4) is 0 Å². The summed E-state index contributed by atoms with van der Waals surface area (Å²) >= 11 is 0. The van der Waals surface area contributed by atoms with Crippen LogP contribution in [0, 0.1) is 0 Å². The number of aromatic nitrogens is 1. The van der Waals surface area contributed by atoms with Gasteiger partial charge in [0.2, 0.25) is 0 Å². The molecule has 92 valence electrons. The van der Waals surface area contributed by atoms with Crippen molar-refractivity contribution in [3.63, 3.8) is 0 Å². The largest absolute Gasteiger partial charge is 0.316 e. The minimum atomic E-state index is 1.05. The summed E-state index contributed by atoms with van der Waals surface area (Å²) in [7, 11) is 0. The number of hydrogen-bond acceptors (Lipinski definition) is 2. The fraction of sp³-hybridized carbons (Fsp3) is 0.533. The van der Waals surface area contributed by atoms with Gasteiger partial charge >= 0.3 is 0 Å². The van der Waals surface area contributed by atoms with Gasteiger partial charge in [-0.3, -0.25) is 4.98 Å². The smallest absolute Gasteiger partial charge is 0.0300 e. The zero-order valence-corrected chi connectivity index (χ0v) is 10.5. The first-order valence-electron chi connectivity index (χ1n) is 6.73. The van der Waals surface area contributed by atoms with Gasteiger partial charge < -0.3 is 5.32 Å². The van der Waals surface area contributed by atoms with E-state index in [9.17, 15) is 0 Å². The molecule has 2 nitrogen and oxygen atoms in total. The van der Waals surface area contributed by atoms with E-state index in [4.69, 9.17) is 0 Å². The van der Waals surface area contributed by atoms with E-state index in [0.29, 0.717) is 0 Å². The van der Waals surface area contributed by atoms with Crippen molar-refractivity contribution in [2.24, 2.45) is 0 Å². The van der Waals surface area contributed by atoms with Crippen LogP contribution in [-0.4, -0.2) is 18.1 Å². The first-order chi connectivity index (χ1) is 8.45. The quantitative estimate of drug-likeness (QED) is 0.600. The molecule has 1 N–H and O–H groups in total. The van der Waals surface area contributed by atoms with Gasteiger partial charge in [0.05, 0.1) is 0 Å². The van der Waals surface area contributed by atoms with Gasteiger partial charge in [-0.25, -0.2) is 0 Å². The van der Waals surface area contributed by atoms with Crippen LogP contribution in [0.5, 0.6) is 0 Å². The van der Waals surface area contributed by atoms with Crippen molar-refractivity contribution in [2.45, 2.75) is 38.5 Å². The van der Waals surface area contributed by atoms with Crippen molar-refractivity contribution in [3.05, 3.63) is 41.7 Å². The predicted octanol–water partition coefficient (Wildman–Crippen LogP) is 3.10. The normalized spacial score (nSPS) is 15.6. The van der Waals surface area contributed by atoms with Gasteiger partial charge in [0, 0.05) is 12.4 Å². The molecule has 0 spiro atoms. The molecule has 2 heteroatoms. The van der Waals surface area contributed by atoms with Crippen LogP contribution in [0.2, 0.25) is 0 Å². The minimum Gasteiger partial charge on any atom is -0.316 e. The summed E-state index contributed by atoms with van der Waals surface area (Å²) in [6.07, 6.45) is 13.9. The minimum absolute atomic E-state index is 1.05. The van der Waals surface area contributed by atoms with E-state index < -0.39 is 0 Å². The van der Waals surface area contributed by atoms with Crippen LogP contribution in [0.1, 0.15) is 37.7 Å². The molecule has 0 saturated heterocycles. The number of nitrogens with one attached hydrogen (secondary N) is 1. The number of allylic oxidation sites excluding steroid dienone is 1. The molecule has 1 aliphatic rings. The highest BCUT2D eigenvalue weighted by atomic mass is 14.8. The van der Waals surface area contributed by atoms with Gasteiger partial charge in [-0.1, -0.05) is 17.7 Å². The second kappa shape index (κ2) is 7.23. The SMILES string of the molecule is C1=C(CCNCCc2cccnc2)CCCC1. The van der Waals surface area contributed by atoms with Crippen LogP contribution in [0.25, 0.3) is 0 Å². The molecule has 1 aromatic heterocycles. The molecule has 1 aliphatic carbocycles. The maximum Gasteiger partial charge on any atom is 0.0300 e. The van der Waals surface area contributed by atoms with E-state index in [1.807, 2.05) is 18.5 Å². The highest BCUT2D eigenvalue weighted by molar-refractivity contribution is 5.09. The van der Waals surface area contributed by atoms with Gasteiger partial charge in [-0.05, 0) is 63.2 Å². The summed E-state index contributed by atoms with van der Waals surface area (Å²) in [6.45, 7) is 2.17. The molecule has 17 heavy (non-hydrogen) atoms. The van der Waals surface area contributed by atoms with Crippen molar-refractivity contribution in [1.82, 2.24) is 10.3 Å². The Morgan fingerprint density at radius 3 is 2.88 bits per heavy atom. The van der Waals surface area contributed by atoms with Gasteiger partial charge in [0.25, 0.3) is 0 Å². The highest BCUT2D eigenvalue weighted by Gasteiger charge is 2.02. The molecule has 0 atom stereocenters. The second-order valence-electron chi connectivity index (χ2n) is 4.72. The van der Waals surface area contributed by atoms with E-state index in [1.54, 1.807) is 5.57 Å². The highest BCUT2D eigenvalue weighted by Crippen LogP contribution is 2.19. The molecule has 0 amide bonds. The monoisotopic (exact) mass is 230 g/mol. The Morgan fingerprint density at radius 1 is 1.18 bits per heavy atom. The third kappa shape index (κ3) is 4.70. The van der Waals surface area contributed by atoms with Crippen molar-refractivity contribution in [2.75, 3.05) is 13.1 Å². The second-order valence-corrected chi connectivity index (χ2v) is 4.72. The van der Waals surface area contributed by atoms with E-state index in [0.717, 1.165) is 19.5 Å². The number of hydrogen-bond donors (Lipinski definition) is 1. The lowest BCUT2D eigenvalue weighted by Gasteiger charge is -2.12. The summed E-state index contributed by atoms with van der Waals surface area (Å²) in [5.41, 5.74) is 2.97. The van der Waals surface area contributed by atoms with Gasteiger partial charge in [-0.2, -0.15) is 0 Å². The van der Waals surface area contributed by atoms with Crippen LogP contribution in [-0.2, 0) is 6.42 Å². The number of nitrogens with zero attached hydrogens (tertiary/aromatic N) is 1. The standard InChI is InChI=1S/C15H22N2/c1-2-5-14(6-3-1)8-11-16-12-9-15-7-4-10-17-13-15/h4-5,7,10,13,16H,1-3,6,8-9,11-12H2. The van der Waals surface area contributed by atoms with Crippen LogP contribution in [0.15, 0.2) is 36.2 Å². The Bertz CT molecular complexity index is 343. The van der Waals surface area contributed by atoms with Gasteiger partial charge in [0.1, 0.15) is 0 Å². The molecule has 0 bridgehead atoms. The van der Waals surface area contributed by atoms with Crippen molar-refractivity contribution in [3.8, 4) is 0 Å². The topological polar surface area (TPSA) is 24.9 Å². The third-order valence-electron chi connectivity index (χ3n) is 3.32. The Balaban J connectivity index is 1.56. The van der Waals surface area contributed by atoms with Crippen molar-refractivity contribution in [1.29, 1.82) is 0 Å². The number of pyridine rings is 1. The lowest BCUT2D eigenvalue weighted by molar-refractivity contribution is 0.631. The molecule has 0 radical (unpaired) electrons. The molecule has 0 aromatic carbocycles. The summed E-state index contributed by atoms with van der Waals surface area (Å²) in [6, 6.07) is 4.14. The fourth-order valence-electron chi connectivity index (χ4n) is 2.28. The summed E-state index contributed by atoms with van der Waals surface area (Å²) in [5, 5.41) is 3.51. The Hall–Kier alpha value is -1.15. The zero-order chi connectivity index (χ0) is 11.8. The lowest BCUT2D eigenvalue weighted by Crippen LogP contribution is -2.19. The third-order valence-corrected chi connectivity index (χ3v) is 3.32. The molecule has 1 heterocycles. The van der Waals surface area contributed by atoms with Crippen LogP contribution < -0.4 is 5.32 Å². The predicted molar refractivity (Wildman–Crippen MR) is 72.0 cm³/mol. The molecule has 0 saturated carbocycles. The van der Waals surface area contributed by atoms with E-state index in [2.05, 4.69) is 22.4 Å². The average Bonchev–Trinajstić information content (AvgIpc) is 2.41. The Morgan fingerprint density at radius 2 is 2.12 bits per heavy atom. The van der Waals surface area contributed by atoms with Gasteiger partial charge in [0.15, 0.2) is 0 Å². The van der Waals surface area contributed by atoms with Crippen molar-refractivity contribution >= 4 is 0 Å². The van der Waals surface area contributed by atoms with Crippen LogP contribution in [0.4, 0.5) is 0 Å².